The van der Waals surface area contributed by atoms with Crippen molar-refractivity contribution in [1.82, 2.24) is 10.3 Å². The maximum atomic E-state index is 4.52. The van der Waals surface area contributed by atoms with E-state index in [0.29, 0.717) is 5.92 Å². The van der Waals surface area contributed by atoms with E-state index in [1.807, 2.05) is 12.3 Å². The van der Waals surface area contributed by atoms with E-state index in [0.717, 1.165) is 18.5 Å². The molecule has 1 aromatic carbocycles. The molecule has 1 atom stereocenters. The highest BCUT2D eigenvalue weighted by Gasteiger charge is 2.12. The Morgan fingerprint density at radius 1 is 1.16 bits per heavy atom. The third-order valence-corrected chi connectivity index (χ3v) is 3.27. The minimum Gasteiger partial charge on any atom is -0.312 e. The second-order valence-electron chi connectivity index (χ2n) is 6.43. The Kier molecular flexibility index (Phi) is 4.20. The summed E-state index contributed by atoms with van der Waals surface area (Å²) in [7, 11) is 0. The molecule has 0 bridgehead atoms. The van der Waals surface area contributed by atoms with Crippen LogP contribution in [0.1, 0.15) is 33.3 Å². The normalized spacial score (nSPS) is 13.7. The summed E-state index contributed by atoms with van der Waals surface area (Å²) in [5.41, 5.74) is 2.68. The van der Waals surface area contributed by atoms with Crippen LogP contribution >= 0.6 is 0 Å². The summed E-state index contributed by atoms with van der Waals surface area (Å²) in [5.74, 6) is 0.604. The largest absolute Gasteiger partial charge is 0.312 e. The number of fused-ring (bicyclic) bond motifs is 1. The summed E-state index contributed by atoms with van der Waals surface area (Å²) in [6.45, 7) is 9.95. The lowest BCUT2D eigenvalue weighted by molar-refractivity contribution is 0.382. The number of hydrogen-bond donors (Lipinski definition) is 1. The lowest BCUT2D eigenvalue weighted by Crippen LogP contribution is -2.39. The van der Waals surface area contributed by atoms with Crippen molar-refractivity contribution >= 4 is 10.9 Å². The molecule has 1 N–H and O–H groups in total. The summed E-state index contributed by atoms with van der Waals surface area (Å²) in [6, 6.07) is 10.6. The first kappa shape index (κ1) is 14.0. The van der Waals surface area contributed by atoms with Gasteiger partial charge in [0.15, 0.2) is 0 Å². The number of aromatic nitrogens is 1. The van der Waals surface area contributed by atoms with Crippen LogP contribution in [-0.4, -0.2) is 17.1 Å². The lowest BCUT2D eigenvalue weighted by atomic mass is 9.97. The van der Waals surface area contributed by atoms with Gasteiger partial charge in [-0.2, -0.15) is 0 Å². The monoisotopic (exact) mass is 256 g/mol. The Bertz CT molecular complexity index is 535. The molecule has 1 heterocycles. The standard InChI is InChI=1S/C17H24N2/c1-13(12-19-17(2,3)4)11-15-8-5-7-14-9-6-10-18-16(14)15/h5-10,13,19H,11-12H2,1-4H3. The fourth-order valence-electron chi connectivity index (χ4n) is 2.26. The van der Waals surface area contributed by atoms with E-state index in [4.69, 9.17) is 0 Å². The predicted molar refractivity (Wildman–Crippen MR) is 82.4 cm³/mol. The summed E-state index contributed by atoms with van der Waals surface area (Å²) in [4.78, 5) is 4.52. The van der Waals surface area contributed by atoms with E-state index in [1.54, 1.807) is 0 Å². The molecule has 2 aromatic rings. The van der Waals surface area contributed by atoms with Crippen LogP contribution in [0, 0.1) is 5.92 Å². The van der Waals surface area contributed by atoms with Crippen LogP contribution in [-0.2, 0) is 6.42 Å². The van der Waals surface area contributed by atoms with Gasteiger partial charge in [0.25, 0.3) is 0 Å². The van der Waals surface area contributed by atoms with E-state index in [9.17, 15) is 0 Å². The molecule has 102 valence electrons. The van der Waals surface area contributed by atoms with Gasteiger partial charge in [-0.3, -0.25) is 4.98 Å². The highest BCUT2D eigenvalue weighted by molar-refractivity contribution is 5.81. The van der Waals surface area contributed by atoms with Crippen molar-refractivity contribution in [2.45, 2.75) is 39.7 Å². The van der Waals surface area contributed by atoms with Crippen LogP contribution in [0.25, 0.3) is 10.9 Å². The van der Waals surface area contributed by atoms with E-state index in [2.05, 4.69) is 62.3 Å². The van der Waals surface area contributed by atoms with Gasteiger partial charge in [0.05, 0.1) is 5.52 Å². The maximum absolute atomic E-state index is 4.52. The van der Waals surface area contributed by atoms with Crippen LogP contribution in [0.3, 0.4) is 0 Å². The third-order valence-electron chi connectivity index (χ3n) is 3.27. The van der Waals surface area contributed by atoms with Crippen LogP contribution in [0.2, 0.25) is 0 Å². The number of para-hydroxylation sites is 1. The van der Waals surface area contributed by atoms with Gasteiger partial charge in [-0.15, -0.1) is 0 Å². The molecule has 2 rings (SSSR count). The first-order valence-electron chi connectivity index (χ1n) is 7.03. The van der Waals surface area contributed by atoms with Crippen molar-refractivity contribution in [3.8, 4) is 0 Å². The number of nitrogens with zero attached hydrogens (tertiary/aromatic N) is 1. The molecule has 0 aliphatic carbocycles. The molecular formula is C17H24N2. The molecule has 0 spiro atoms. The Labute approximate surface area is 116 Å². The second kappa shape index (κ2) is 5.70. The quantitative estimate of drug-likeness (QED) is 0.900. The molecule has 0 aliphatic heterocycles. The SMILES string of the molecule is CC(CNC(C)(C)C)Cc1cccc2cccnc12. The van der Waals surface area contributed by atoms with E-state index < -0.39 is 0 Å². The molecule has 2 nitrogen and oxygen atoms in total. The Morgan fingerprint density at radius 3 is 2.63 bits per heavy atom. The van der Waals surface area contributed by atoms with E-state index >= 15 is 0 Å². The summed E-state index contributed by atoms with van der Waals surface area (Å²) >= 11 is 0. The molecule has 19 heavy (non-hydrogen) atoms. The van der Waals surface area contributed by atoms with Crippen molar-refractivity contribution in [2.24, 2.45) is 5.92 Å². The van der Waals surface area contributed by atoms with Crippen LogP contribution in [0.15, 0.2) is 36.5 Å². The minimum atomic E-state index is 0.186. The van der Waals surface area contributed by atoms with Crippen molar-refractivity contribution in [3.05, 3.63) is 42.1 Å². The molecule has 1 unspecified atom stereocenters. The zero-order valence-electron chi connectivity index (χ0n) is 12.4. The van der Waals surface area contributed by atoms with Crippen LogP contribution in [0.5, 0.6) is 0 Å². The van der Waals surface area contributed by atoms with Gasteiger partial charge in [-0.1, -0.05) is 31.2 Å². The molecular weight excluding hydrogens is 232 g/mol. The van der Waals surface area contributed by atoms with Gasteiger partial charge in [0.2, 0.25) is 0 Å². The lowest BCUT2D eigenvalue weighted by Gasteiger charge is -2.23. The summed E-state index contributed by atoms with van der Waals surface area (Å²) < 4.78 is 0. The van der Waals surface area contributed by atoms with E-state index in [-0.39, 0.29) is 5.54 Å². The minimum absolute atomic E-state index is 0.186. The molecule has 2 heteroatoms. The molecule has 0 fully saturated rings. The number of nitrogens with one attached hydrogen (secondary N) is 1. The zero-order valence-corrected chi connectivity index (χ0v) is 12.4. The average Bonchev–Trinajstić information content (AvgIpc) is 2.36. The van der Waals surface area contributed by atoms with Gasteiger partial charge in [0.1, 0.15) is 0 Å². The van der Waals surface area contributed by atoms with Crippen molar-refractivity contribution in [3.63, 3.8) is 0 Å². The second-order valence-corrected chi connectivity index (χ2v) is 6.43. The predicted octanol–water partition coefficient (Wildman–Crippen LogP) is 3.80. The Balaban J connectivity index is 2.09. The first-order chi connectivity index (χ1) is 8.96. The number of pyridine rings is 1. The van der Waals surface area contributed by atoms with Crippen LogP contribution in [0.4, 0.5) is 0 Å². The highest BCUT2D eigenvalue weighted by Crippen LogP contribution is 2.19. The van der Waals surface area contributed by atoms with Gasteiger partial charge < -0.3 is 5.32 Å². The van der Waals surface area contributed by atoms with E-state index in [1.165, 1.54) is 10.9 Å². The van der Waals surface area contributed by atoms with Crippen molar-refractivity contribution < 1.29 is 0 Å². The molecule has 0 aliphatic rings. The molecule has 1 aromatic heterocycles. The number of hydrogen-bond acceptors (Lipinski definition) is 2. The van der Waals surface area contributed by atoms with Crippen LogP contribution < -0.4 is 5.32 Å². The molecule has 0 radical (unpaired) electrons. The molecule has 0 saturated heterocycles. The topological polar surface area (TPSA) is 24.9 Å². The van der Waals surface area contributed by atoms with Gasteiger partial charge >= 0.3 is 0 Å². The Hall–Kier alpha value is -1.41. The highest BCUT2D eigenvalue weighted by atomic mass is 14.9. The molecule has 0 amide bonds. The van der Waals surface area contributed by atoms with Gasteiger partial charge in [0, 0.05) is 17.1 Å². The fourth-order valence-corrected chi connectivity index (χ4v) is 2.26. The van der Waals surface area contributed by atoms with Crippen molar-refractivity contribution in [1.29, 1.82) is 0 Å². The van der Waals surface area contributed by atoms with Crippen molar-refractivity contribution in [2.75, 3.05) is 6.54 Å². The summed E-state index contributed by atoms with van der Waals surface area (Å²) in [6.07, 6.45) is 2.95. The summed E-state index contributed by atoms with van der Waals surface area (Å²) in [5, 5.41) is 4.80. The number of benzene rings is 1. The first-order valence-corrected chi connectivity index (χ1v) is 7.03. The third kappa shape index (κ3) is 4.03. The molecule has 0 saturated carbocycles. The Morgan fingerprint density at radius 2 is 1.89 bits per heavy atom. The smallest absolute Gasteiger partial charge is 0.0733 e. The van der Waals surface area contributed by atoms with Gasteiger partial charge in [-0.25, -0.2) is 0 Å². The zero-order chi connectivity index (χ0) is 13.9. The fraction of sp³-hybridized carbons (Fsp3) is 0.471. The number of rotatable bonds is 4. The van der Waals surface area contributed by atoms with Gasteiger partial charge in [-0.05, 0) is 51.3 Å². The average molecular weight is 256 g/mol. The maximum Gasteiger partial charge on any atom is 0.0733 e.